The molecule has 3 amide bonds. The third-order valence-corrected chi connectivity index (χ3v) is 5.04. The van der Waals surface area contributed by atoms with Gasteiger partial charge in [0.2, 0.25) is 0 Å². The zero-order valence-corrected chi connectivity index (χ0v) is 15.5. The maximum Gasteiger partial charge on any atom is 0.290 e. The molecule has 0 aliphatic carbocycles. The van der Waals surface area contributed by atoms with E-state index in [1.54, 1.807) is 53.4 Å². The lowest BCUT2D eigenvalue weighted by Crippen LogP contribution is -2.40. The molecule has 0 radical (unpaired) electrons. The predicted octanol–water partition coefficient (Wildman–Crippen LogP) is 2.88. The van der Waals surface area contributed by atoms with Gasteiger partial charge in [-0.3, -0.25) is 19.7 Å². The van der Waals surface area contributed by atoms with E-state index in [1.165, 1.54) is 0 Å². The van der Waals surface area contributed by atoms with Gasteiger partial charge in [-0.15, -0.1) is 0 Å². The van der Waals surface area contributed by atoms with Gasteiger partial charge in [-0.05, 0) is 47.7 Å². The minimum atomic E-state index is -0.384. The van der Waals surface area contributed by atoms with Crippen molar-refractivity contribution in [2.45, 2.75) is 0 Å². The molecule has 1 N–H and O–H groups in total. The number of nitrogens with zero attached hydrogens (tertiary/aromatic N) is 1. The van der Waals surface area contributed by atoms with Gasteiger partial charge in [0.05, 0.1) is 17.0 Å². The van der Waals surface area contributed by atoms with E-state index in [0.29, 0.717) is 35.1 Å². The van der Waals surface area contributed by atoms with Crippen LogP contribution in [-0.2, 0) is 4.79 Å². The van der Waals surface area contributed by atoms with Crippen molar-refractivity contribution in [1.82, 2.24) is 10.2 Å². The number of benzene rings is 2. The molecule has 1 saturated heterocycles. The smallest absolute Gasteiger partial charge is 0.290 e. The highest BCUT2D eigenvalue weighted by atomic mass is 32.2. The normalized spacial score (nSPS) is 17.4. The molecular weight excluding hydrogens is 380 g/mol. The molecule has 0 atom stereocenters. The van der Waals surface area contributed by atoms with Crippen molar-refractivity contribution in [3.05, 3.63) is 64.6 Å². The second-order valence-corrected chi connectivity index (χ2v) is 7.12. The SMILES string of the molecule is O=C1NC(=O)/C(=C/c2ccc(OCCN3COc4ccccc4C3=O)cc2)S1. The molecule has 142 valence electrons. The number of thioether (sulfide) groups is 1. The monoisotopic (exact) mass is 396 g/mol. The molecule has 0 unspecified atom stereocenters. The highest BCUT2D eigenvalue weighted by molar-refractivity contribution is 8.18. The summed E-state index contributed by atoms with van der Waals surface area (Å²) in [4.78, 5) is 37.1. The number of fused-ring (bicyclic) bond motifs is 1. The van der Waals surface area contributed by atoms with Crippen LogP contribution in [0.15, 0.2) is 53.4 Å². The molecule has 2 aliphatic rings. The van der Waals surface area contributed by atoms with E-state index in [2.05, 4.69) is 5.32 Å². The summed E-state index contributed by atoms with van der Waals surface area (Å²) in [5.41, 5.74) is 1.34. The molecule has 28 heavy (non-hydrogen) atoms. The van der Waals surface area contributed by atoms with Gasteiger partial charge in [-0.25, -0.2) is 0 Å². The summed E-state index contributed by atoms with van der Waals surface area (Å²) in [6.07, 6.45) is 1.65. The molecule has 2 aliphatic heterocycles. The topological polar surface area (TPSA) is 84.9 Å². The van der Waals surface area contributed by atoms with Crippen molar-refractivity contribution in [3.8, 4) is 11.5 Å². The average Bonchev–Trinajstić information content (AvgIpc) is 3.02. The van der Waals surface area contributed by atoms with Gasteiger partial charge in [0.15, 0.2) is 6.73 Å². The second kappa shape index (κ2) is 7.77. The molecule has 8 heteroatoms. The Bertz CT molecular complexity index is 971. The van der Waals surface area contributed by atoms with Gasteiger partial charge in [0.1, 0.15) is 18.1 Å². The van der Waals surface area contributed by atoms with E-state index < -0.39 is 0 Å². The van der Waals surface area contributed by atoms with Crippen LogP contribution >= 0.6 is 11.8 Å². The molecule has 0 bridgehead atoms. The fraction of sp³-hybridized carbons (Fsp3) is 0.150. The van der Waals surface area contributed by atoms with Gasteiger partial charge in [0, 0.05) is 0 Å². The Morgan fingerprint density at radius 1 is 1.11 bits per heavy atom. The van der Waals surface area contributed by atoms with Crippen molar-refractivity contribution >= 4 is 34.9 Å². The summed E-state index contributed by atoms with van der Waals surface area (Å²) < 4.78 is 11.3. The molecule has 0 aromatic heterocycles. The summed E-state index contributed by atoms with van der Waals surface area (Å²) in [5.74, 6) is 0.789. The Balaban J connectivity index is 1.31. The summed E-state index contributed by atoms with van der Waals surface area (Å²) in [7, 11) is 0. The Labute approximate surface area is 165 Å². The van der Waals surface area contributed by atoms with Crippen LogP contribution in [-0.4, -0.2) is 41.8 Å². The maximum absolute atomic E-state index is 12.4. The molecular formula is C20H16N2O5S. The van der Waals surface area contributed by atoms with Crippen molar-refractivity contribution in [1.29, 1.82) is 0 Å². The number of ether oxygens (including phenoxy) is 2. The number of hydrogen-bond acceptors (Lipinski definition) is 6. The van der Waals surface area contributed by atoms with Crippen molar-refractivity contribution in [2.24, 2.45) is 0 Å². The fourth-order valence-electron chi connectivity index (χ4n) is 2.82. The van der Waals surface area contributed by atoms with Gasteiger partial charge in [-0.2, -0.15) is 0 Å². The van der Waals surface area contributed by atoms with E-state index in [0.717, 1.165) is 17.3 Å². The number of carbonyl (C=O) groups is 3. The number of nitrogens with one attached hydrogen (secondary N) is 1. The minimum Gasteiger partial charge on any atom is -0.492 e. The van der Waals surface area contributed by atoms with E-state index >= 15 is 0 Å². The first kappa shape index (κ1) is 18.1. The lowest BCUT2D eigenvalue weighted by atomic mass is 10.1. The first-order valence-corrected chi connectivity index (χ1v) is 9.40. The molecule has 2 aromatic rings. The van der Waals surface area contributed by atoms with Crippen LogP contribution in [0.1, 0.15) is 15.9 Å². The third kappa shape index (κ3) is 3.86. The van der Waals surface area contributed by atoms with Gasteiger partial charge < -0.3 is 14.4 Å². The standard InChI is InChI=1S/C20H16N2O5S/c23-18-17(28-20(25)21-18)11-13-5-7-14(8-6-13)26-10-9-22-12-27-16-4-2-1-3-15(16)19(22)24/h1-8,11H,9-10,12H2,(H,21,23,25)/b17-11-. The van der Waals surface area contributed by atoms with Crippen molar-refractivity contribution in [2.75, 3.05) is 19.9 Å². The average molecular weight is 396 g/mol. The summed E-state index contributed by atoms with van der Waals surface area (Å²) in [6.45, 7) is 0.923. The number of amides is 3. The number of hydrogen-bond donors (Lipinski definition) is 1. The van der Waals surface area contributed by atoms with Crippen LogP contribution < -0.4 is 14.8 Å². The highest BCUT2D eigenvalue weighted by Crippen LogP contribution is 2.26. The number of carbonyl (C=O) groups excluding carboxylic acids is 3. The molecule has 0 spiro atoms. The Hall–Kier alpha value is -3.26. The summed E-state index contributed by atoms with van der Waals surface area (Å²) in [5, 5.41) is 1.85. The highest BCUT2D eigenvalue weighted by Gasteiger charge is 2.25. The zero-order valence-electron chi connectivity index (χ0n) is 14.7. The molecule has 1 fully saturated rings. The first-order valence-electron chi connectivity index (χ1n) is 8.59. The molecule has 7 nitrogen and oxygen atoms in total. The molecule has 0 saturated carbocycles. The Kier molecular flexibility index (Phi) is 5.03. The van der Waals surface area contributed by atoms with E-state index in [1.807, 2.05) is 6.07 Å². The van der Waals surface area contributed by atoms with Crippen LogP contribution in [0, 0.1) is 0 Å². The third-order valence-electron chi connectivity index (χ3n) is 4.23. The molecule has 2 heterocycles. The zero-order chi connectivity index (χ0) is 19.5. The molecule has 4 rings (SSSR count). The second-order valence-electron chi connectivity index (χ2n) is 6.11. The van der Waals surface area contributed by atoms with Crippen LogP contribution in [0.4, 0.5) is 4.79 Å². The molecule has 2 aromatic carbocycles. The summed E-state index contributed by atoms with van der Waals surface area (Å²) >= 11 is 0.879. The van der Waals surface area contributed by atoms with E-state index in [-0.39, 0.29) is 23.8 Å². The lowest BCUT2D eigenvalue weighted by Gasteiger charge is -2.28. The van der Waals surface area contributed by atoms with E-state index in [4.69, 9.17) is 9.47 Å². The number of para-hydroxylation sites is 1. The summed E-state index contributed by atoms with van der Waals surface area (Å²) in [6, 6.07) is 14.3. The van der Waals surface area contributed by atoms with Crippen molar-refractivity contribution in [3.63, 3.8) is 0 Å². The van der Waals surface area contributed by atoms with E-state index in [9.17, 15) is 14.4 Å². The fourth-order valence-corrected chi connectivity index (χ4v) is 3.50. The Morgan fingerprint density at radius 3 is 2.64 bits per heavy atom. The van der Waals surface area contributed by atoms with Gasteiger partial charge in [0.25, 0.3) is 17.1 Å². The quantitative estimate of drug-likeness (QED) is 0.783. The van der Waals surface area contributed by atoms with Gasteiger partial charge in [-0.1, -0.05) is 24.3 Å². The number of imide groups is 1. The van der Waals surface area contributed by atoms with Crippen LogP contribution in [0.3, 0.4) is 0 Å². The van der Waals surface area contributed by atoms with Crippen LogP contribution in [0.2, 0.25) is 0 Å². The van der Waals surface area contributed by atoms with Crippen LogP contribution in [0.25, 0.3) is 6.08 Å². The van der Waals surface area contributed by atoms with Crippen LogP contribution in [0.5, 0.6) is 11.5 Å². The largest absolute Gasteiger partial charge is 0.492 e. The van der Waals surface area contributed by atoms with Gasteiger partial charge >= 0.3 is 0 Å². The minimum absolute atomic E-state index is 0.0747. The first-order chi connectivity index (χ1) is 13.6. The predicted molar refractivity (Wildman–Crippen MR) is 104 cm³/mol. The maximum atomic E-state index is 12.4. The Morgan fingerprint density at radius 2 is 1.89 bits per heavy atom. The lowest BCUT2D eigenvalue weighted by molar-refractivity contribution is -0.115. The number of rotatable bonds is 5. The van der Waals surface area contributed by atoms with Crippen molar-refractivity contribution < 1.29 is 23.9 Å².